The summed E-state index contributed by atoms with van der Waals surface area (Å²) in [5, 5.41) is 7.09. The standard InChI is InChI=1S/C15H13Cl2FN2O2S/c1-8(9-5-12(18)11(17)6-10(9)16)20-14(21)7-19-15(22)13-3-2-4-23-13/h2-6,8H,7H2,1H3,(H,19,22)(H,20,21)/t8-/m1/s1. The maximum absolute atomic E-state index is 13.5. The molecule has 0 radical (unpaired) electrons. The lowest BCUT2D eigenvalue weighted by Gasteiger charge is -2.16. The zero-order chi connectivity index (χ0) is 17.0. The van der Waals surface area contributed by atoms with Gasteiger partial charge in [-0.2, -0.15) is 0 Å². The number of thiophene rings is 1. The van der Waals surface area contributed by atoms with Crippen molar-refractivity contribution < 1.29 is 14.0 Å². The Kier molecular flexibility index (Phi) is 5.98. The van der Waals surface area contributed by atoms with Crippen molar-refractivity contribution in [2.24, 2.45) is 0 Å². The lowest BCUT2D eigenvalue weighted by molar-refractivity contribution is -0.120. The minimum atomic E-state index is -0.613. The first kappa shape index (κ1) is 17.7. The minimum absolute atomic E-state index is 0.0829. The highest BCUT2D eigenvalue weighted by molar-refractivity contribution is 7.12. The van der Waals surface area contributed by atoms with Gasteiger partial charge in [-0.25, -0.2) is 4.39 Å². The minimum Gasteiger partial charge on any atom is -0.348 e. The molecule has 4 nitrogen and oxygen atoms in total. The van der Waals surface area contributed by atoms with Crippen molar-refractivity contribution in [2.45, 2.75) is 13.0 Å². The zero-order valence-corrected chi connectivity index (χ0v) is 14.4. The predicted octanol–water partition coefficient (Wildman–Crippen LogP) is 3.80. The summed E-state index contributed by atoms with van der Waals surface area (Å²) in [6, 6.07) is 5.35. The quantitative estimate of drug-likeness (QED) is 0.781. The summed E-state index contributed by atoms with van der Waals surface area (Å²) in [7, 11) is 0. The Balaban J connectivity index is 1.92. The van der Waals surface area contributed by atoms with E-state index in [9.17, 15) is 14.0 Å². The fourth-order valence-electron chi connectivity index (χ4n) is 1.90. The predicted molar refractivity (Wildman–Crippen MR) is 89.6 cm³/mol. The molecular weight excluding hydrogens is 362 g/mol. The van der Waals surface area contributed by atoms with Crippen LogP contribution in [0.3, 0.4) is 0 Å². The highest BCUT2D eigenvalue weighted by Crippen LogP contribution is 2.28. The molecule has 0 saturated carbocycles. The topological polar surface area (TPSA) is 58.2 Å². The van der Waals surface area contributed by atoms with E-state index in [1.54, 1.807) is 24.4 Å². The van der Waals surface area contributed by atoms with Gasteiger partial charge in [0.2, 0.25) is 5.91 Å². The Bertz CT molecular complexity index is 723. The molecule has 23 heavy (non-hydrogen) atoms. The second-order valence-corrected chi connectivity index (χ2v) is 6.50. The van der Waals surface area contributed by atoms with Crippen molar-refractivity contribution >= 4 is 46.4 Å². The Morgan fingerprint density at radius 1 is 1.30 bits per heavy atom. The van der Waals surface area contributed by atoms with E-state index in [0.717, 1.165) is 0 Å². The molecule has 0 unspecified atom stereocenters. The van der Waals surface area contributed by atoms with Crippen LogP contribution in [0, 0.1) is 5.82 Å². The highest BCUT2D eigenvalue weighted by Gasteiger charge is 2.16. The van der Waals surface area contributed by atoms with E-state index >= 15 is 0 Å². The van der Waals surface area contributed by atoms with Gasteiger partial charge in [0.05, 0.1) is 22.5 Å². The molecule has 2 N–H and O–H groups in total. The maximum Gasteiger partial charge on any atom is 0.261 e. The number of rotatable bonds is 5. The maximum atomic E-state index is 13.5. The van der Waals surface area contributed by atoms with Crippen LogP contribution in [0.5, 0.6) is 0 Å². The summed E-state index contributed by atoms with van der Waals surface area (Å²) < 4.78 is 13.5. The molecule has 1 heterocycles. The van der Waals surface area contributed by atoms with Gasteiger partial charge in [-0.05, 0) is 36.1 Å². The monoisotopic (exact) mass is 374 g/mol. The van der Waals surface area contributed by atoms with E-state index < -0.39 is 17.8 Å². The molecule has 1 aromatic heterocycles. The molecule has 0 bridgehead atoms. The van der Waals surface area contributed by atoms with E-state index in [1.165, 1.54) is 23.5 Å². The number of carbonyl (C=O) groups excluding carboxylic acids is 2. The highest BCUT2D eigenvalue weighted by atomic mass is 35.5. The van der Waals surface area contributed by atoms with E-state index in [2.05, 4.69) is 10.6 Å². The summed E-state index contributed by atoms with van der Waals surface area (Å²) in [5.74, 6) is -1.34. The Morgan fingerprint density at radius 2 is 2.04 bits per heavy atom. The molecule has 0 aliphatic heterocycles. The van der Waals surface area contributed by atoms with Gasteiger partial charge in [0, 0.05) is 5.02 Å². The molecule has 2 aromatic rings. The van der Waals surface area contributed by atoms with Crippen molar-refractivity contribution in [2.75, 3.05) is 6.54 Å². The molecule has 2 amide bonds. The molecule has 0 aliphatic rings. The molecular formula is C15H13Cl2FN2O2S. The summed E-state index contributed by atoms with van der Waals surface area (Å²) in [4.78, 5) is 24.1. The average Bonchev–Trinajstić information content (AvgIpc) is 3.02. The Hall–Kier alpha value is -1.63. The number of hydrogen-bond donors (Lipinski definition) is 2. The summed E-state index contributed by atoms with van der Waals surface area (Å²) in [6.07, 6.45) is 0. The first-order valence-electron chi connectivity index (χ1n) is 6.64. The number of halogens is 3. The largest absolute Gasteiger partial charge is 0.348 e. The molecule has 0 aliphatic carbocycles. The fourth-order valence-corrected chi connectivity index (χ4v) is 3.08. The zero-order valence-electron chi connectivity index (χ0n) is 12.0. The molecule has 0 fully saturated rings. The third-order valence-corrected chi connectivity index (χ3v) is 4.52. The number of carbonyl (C=O) groups is 2. The van der Waals surface area contributed by atoms with Crippen LogP contribution in [-0.2, 0) is 4.79 Å². The second kappa shape index (κ2) is 7.77. The van der Waals surface area contributed by atoms with E-state index in [0.29, 0.717) is 10.4 Å². The number of benzene rings is 1. The van der Waals surface area contributed by atoms with Crippen LogP contribution in [0.25, 0.3) is 0 Å². The summed E-state index contributed by atoms with van der Waals surface area (Å²) in [6.45, 7) is 1.47. The van der Waals surface area contributed by atoms with Gasteiger partial charge in [0.15, 0.2) is 0 Å². The van der Waals surface area contributed by atoms with Gasteiger partial charge in [0.25, 0.3) is 5.91 Å². The first-order valence-corrected chi connectivity index (χ1v) is 8.27. The van der Waals surface area contributed by atoms with Gasteiger partial charge in [-0.15, -0.1) is 11.3 Å². The van der Waals surface area contributed by atoms with Crippen molar-refractivity contribution in [3.8, 4) is 0 Å². The Labute approximate surface area is 146 Å². The van der Waals surface area contributed by atoms with Crippen LogP contribution in [0.2, 0.25) is 10.0 Å². The van der Waals surface area contributed by atoms with E-state index in [1.807, 2.05) is 0 Å². The van der Waals surface area contributed by atoms with Gasteiger partial charge in [-0.3, -0.25) is 9.59 Å². The lowest BCUT2D eigenvalue weighted by Crippen LogP contribution is -2.37. The molecule has 8 heteroatoms. The van der Waals surface area contributed by atoms with Gasteiger partial charge in [-0.1, -0.05) is 29.3 Å². The van der Waals surface area contributed by atoms with E-state index in [-0.39, 0.29) is 22.5 Å². The van der Waals surface area contributed by atoms with Crippen LogP contribution in [0.4, 0.5) is 4.39 Å². The summed E-state index contributed by atoms with van der Waals surface area (Å²) in [5.41, 5.74) is 0.409. The van der Waals surface area contributed by atoms with Crippen molar-refractivity contribution in [1.82, 2.24) is 10.6 Å². The van der Waals surface area contributed by atoms with E-state index in [4.69, 9.17) is 23.2 Å². The molecule has 122 valence electrons. The molecule has 0 saturated heterocycles. The van der Waals surface area contributed by atoms with Gasteiger partial charge in [0.1, 0.15) is 5.82 Å². The third-order valence-electron chi connectivity index (χ3n) is 3.04. The van der Waals surface area contributed by atoms with Gasteiger partial charge < -0.3 is 10.6 Å². The average molecular weight is 375 g/mol. The number of hydrogen-bond acceptors (Lipinski definition) is 3. The molecule has 0 spiro atoms. The number of amides is 2. The van der Waals surface area contributed by atoms with Crippen molar-refractivity contribution in [3.63, 3.8) is 0 Å². The third kappa shape index (κ3) is 4.67. The van der Waals surface area contributed by atoms with Crippen LogP contribution in [-0.4, -0.2) is 18.4 Å². The fraction of sp³-hybridized carbons (Fsp3) is 0.200. The molecule has 2 rings (SSSR count). The van der Waals surface area contributed by atoms with Crippen molar-refractivity contribution in [1.29, 1.82) is 0 Å². The molecule has 1 aromatic carbocycles. The van der Waals surface area contributed by atoms with Crippen LogP contribution >= 0.6 is 34.5 Å². The second-order valence-electron chi connectivity index (χ2n) is 4.74. The van der Waals surface area contributed by atoms with Crippen molar-refractivity contribution in [3.05, 3.63) is 55.9 Å². The first-order chi connectivity index (χ1) is 10.9. The lowest BCUT2D eigenvalue weighted by atomic mass is 10.1. The number of nitrogens with one attached hydrogen (secondary N) is 2. The Morgan fingerprint density at radius 3 is 2.70 bits per heavy atom. The smallest absolute Gasteiger partial charge is 0.261 e. The van der Waals surface area contributed by atoms with Gasteiger partial charge >= 0.3 is 0 Å². The SMILES string of the molecule is C[C@@H](NC(=O)CNC(=O)c1cccs1)c1cc(F)c(Cl)cc1Cl. The van der Waals surface area contributed by atoms with Crippen LogP contribution in [0.15, 0.2) is 29.6 Å². The van der Waals surface area contributed by atoms with Crippen LogP contribution in [0.1, 0.15) is 28.2 Å². The normalized spacial score (nSPS) is 11.8. The molecule has 1 atom stereocenters. The van der Waals surface area contributed by atoms with Crippen LogP contribution < -0.4 is 10.6 Å². The summed E-state index contributed by atoms with van der Waals surface area (Å²) >= 11 is 12.9.